The molecule has 0 aliphatic heterocycles. The number of benzene rings is 2. The first-order valence-electron chi connectivity index (χ1n) is 10.2. The Hall–Kier alpha value is -3.35. The summed E-state index contributed by atoms with van der Waals surface area (Å²) in [6.07, 6.45) is -0.308. The molecule has 1 heterocycles. The van der Waals surface area contributed by atoms with Gasteiger partial charge in [-0.3, -0.25) is 4.79 Å². The SMILES string of the molecule is CC(C)C[C@H](NC(=O)OC(C)(C)C)C(=O)Oc1ccc2c(=O)c3ccccc3oc2c1. The minimum absolute atomic E-state index is 0.133. The number of fused-ring (bicyclic) bond motifs is 2. The zero-order valence-corrected chi connectivity index (χ0v) is 18.4. The molecular weight excluding hydrogens is 398 g/mol. The smallest absolute Gasteiger partial charge is 0.408 e. The molecule has 0 radical (unpaired) electrons. The lowest BCUT2D eigenvalue weighted by Gasteiger charge is -2.23. The van der Waals surface area contributed by atoms with E-state index in [1.165, 1.54) is 12.1 Å². The number of para-hydroxylation sites is 1. The highest BCUT2D eigenvalue weighted by atomic mass is 16.6. The van der Waals surface area contributed by atoms with Gasteiger partial charge in [-0.15, -0.1) is 0 Å². The molecule has 31 heavy (non-hydrogen) atoms. The topological polar surface area (TPSA) is 94.8 Å². The van der Waals surface area contributed by atoms with Crippen LogP contribution in [0.2, 0.25) is 0 Å². The fourth-order valence-corrected chi connectivity index (χ4v) is 3.17. The number of amides is 1. The molecule has 7 nitrogen and oxygen atoms in total. The molecular formula is C24H27NO6. The summed E-state index contributed by atoms with van der Waals surface area (Å²) in [5, 5.41) is 3.46. The summed E-state index contributed by atoms with van der Waals surface area (Å²) in [5.74, 6) is -0.272. The second-order valence-electron chi connectivity index (χ2n) is 8.83. The number of carbonyl (C=O) groups excluding carboxylic acids is 2. The molecule has 0 fully saturated rings. The van der Waals surface area contributed by atoms with Gasteiger partial charge in [0.2, 0.25) is 5.43 Å². The van der Waals surface area contributed by atoms with Crippen molar-refractivity contribution in [1.82, 2.24) is 5.32 Å². The van der Waals surface area contributed by atoms with Crippen LogP contribution in [-0.4, -0.2) is 23.7 Å². The van der Waals surface area contributed by atoms with Gasteiger partial charge in [0.1, 0.15) is 28.6 Å². The van der Waals surface area contributed by atoms with E-state index in [1.54, 1.807) is 51.1 Å². The van der Waals surface area contributed by atoms with Gasteiger partial charge in [0, 0.05) is 6.07 Å². The number of rotatable bonds is 5. The van der Waals surface area contributed by atoms with Crippen molar-refractivity contribution in [3.05, 3.63) is 52.7 Å². The van der Waals surface area contributed by atoms with Gasteiger partial charge in [0.25, 0.3) is 0 Å². The van der Waals surface area contributed by atoms with Crippen LogP contribution in [0.25, 0.3) is 21.9 Å². The van der Waals surface area contributed by atoms with Crippen LogP contribution in [0.4, 0.5) is 4.79 Å². The van der Waals surface area contributed by atoms with Gasteiger partial charge < -0.3 is 19.2 Å². The maximum absolute atomic E-state index is 12.8. The van der Waals surface area contributed by atoms with Crippen molar-refractivity contribution in [2.45, 2.75) is 52.7 Å². The first kappa shape index (κ1) is 22.3. The summed E-state index contributed by atoms with van der Waals surface area (Å²) in [4.78, 5) is 37.6. The van der Waals surface area contributed by atoms with Crippen LogP contribution in [0, 0.1) is 5.92 Å². The fourth-order valence-electron chi connectivity index (χ4n) is 3.17. The molecule has 0 saturated carbocycles. The molecule has 0 bridgehead atoms. The first-order valence-corrected chi connectivity index (χ1v) is 10.2. The van der Waals surface area contributed by atoms with Gasteiger partial charge in [-0.25, -0.2) is 9.59 Å². The average molecular weight is 425 g/mol. The Kier molecular flexibility index (Phi) is 6.34. The maximum Gasteiger partial charge on any atom is 0.408 e. The van der Waals surface area contributed by atoms with Crippen molar-refractivity contribution in [3.63, 3.8) is 0 Å². The van der Waals surface area contributed by atoms with Gasteiger partial charge in [0.15, 0.2) is 0 Å². The van der Waals surface area contributed by atoms with Crippen LogP contribution in [-0.2, 0) is 9.53 Å². The van der Waals surface area contributed by atoms with Gasteiger partial charge in [-0.2, -0.15) is 0 Å². The molecule has 1 N–H and O–H groups in total. The third-order valence-electron chi connectivity index (χ3n) is 4.45. The van der Waals surface area contributed by atoms with Crippen molar-refractivity contribution in [2.24, 2.45) is 5.92 Å². The quantitative estimate of drug-likeness (QED) is 0.359. The molecule has 1 aromatic heterocycles. The summed E-state index contributed by atoms with van der Waals surface area (Å²) in [5.41, 5.74) is -0.0732. The van der Waals surface area contributed by atoms with E-state index in [0.29, 0.717) is 28.4 Å². The van der Waals surface area contributed by atoms with E-state index >= 15 is 0 Å². The molecule has 0 saturated heterocycles. The number of carbonyl (C=O) groups is 2. The van der Waals surface area contributed by atoms with Gasteiger partial charge in [0.05, 0.1) is 10.8 Å². The molecule has 7 heteroatoms. The monoisotopic (exact) mass is 425 g/mol. The van der Waals surface area contributed by atoms with Crippen molar-refractivity contribution in [1.29, 1.82) is 0 Å². The lowest BCUT2D eigenvalue weighted by Crippen LogP contribution is -2.45. The lowest BCUT2D eigenvalue weighted by atomic mass is 10.0. The Balaban J connectivity index is 1.84. The van der Waals surface area contributed by atoms with Gasteiger partial charge in [-0.05, 0) is 57.4 Å². The second kappa shape index (κ2) is 8.79. The van der Waals surface area contributed by atoms with Crippen LogP contribution < -0.4 is 15.5 Å². The molecule has 2 aromatic carbocycles. The van der Waals surface area contributed by atoms with E-state index in [1.807, 2.05) is 13.8 Å². The van der Waals surface area contributed by atoms with Crippen LogP contribution in [0.5, 0.6) is 5.75 Å². The van der Waals surface area contributed by atoms with E-state index < -0.39 is 23.7 Å². The Labute approximate surface area is 180 Å². The largest absolute Gasteiger partial charge is 0.456 e. The molecule has 0 aliphatic rings. The van der Waals surface area contributed by atoms with Crippen LogP contribution in [0.3, 0.4) is 0 Å². The van der Waals surface area contributed by atoms with E-state index in [2.05, 4.69) is 5.32 Å². The van der Waals surface area contributed by atoms with E-state index in [-0.39, 0.29) is 17.1 Å². The average Bonchev–Trinajstić information content (AvgIpc) is 2.65. The molecule has 3 aromatic rings. The number of hydrogen-bond donors (Lipinski definition) is 1. The Morgan fingerprint density at radius 1 is 1.03 bits per heavy atom. The predicted molar refractivity (Wildman–Crippen MR) is 118 cm³/mol. The summed E-state index contributed by atoms with van der Waals surface area (Å²) in [6.45, 7) is 9.11. The van der Waals surface area contributed by atoms with Gasteiger partial charge in [-0.1, -0.05) is 26.0 Å². The lowest BCUT2D eigenvalue weighted by molar-refractivity contribution is -0.137. The Bertz CT molecular complexity index is 1170. The molecule has 1 atom stereocenters. The van der Waals surface area contributed by atoms with Crippen molar-refractivity contribution >= 4 is 34.0 Å². The number of hydrogen-bond acceptors (Lipinski definition) is 6. The summed E-state index contributed by atoms with van der Waals surface area (Å²) in [7, 11) is 0. The maximum atomic E-state index is 12.8. The third kappa shape index (κ3) is 5.63. The Morgan fingerprint density at radius 3 is 2.39 bits per heavy atom. The molecule has 1 amide bonds. The Morgan fingerprint density at radius 2 is 1.71 bits per heavy atom. The van der Waals surface area contributed by atoms with E-state index in [4.69, 9.17) is 13.9 Å². The number of nitrogens with one attached hydrogen (secondary N) is 1. The highest BCUT2D eigenvalue weighted by molar-refractivity contribution is 5.90. The summed E-state index contributed by atoms with van der Waals surface area (Å²) < 4.78 is 16.6. The van der Waals surface area contributed by atoms with Crippen molar-refractivity contribution in [2.75, 3.05) is 0 Å². The van der Waals surface area contributed by atoms with E-state index in [9.17, 15) is 14.4 Å². The molecule has 164 valence electrons. The molecule has 0 unspecified atom stereocenters. The van der Waals surface area contributed by atoms with E-state index in [0.717, 1.165) is 0 Å². The minimum Gasteiger partial charge on any atom is -0.456 e. The standard InChI is InChI=1S/C24H27NO6/c1-14(2)12-18(25-23(28)31-24(3,4)5)22(27)29-15-10-11-17-20(13-15)30-19-9-7-6-8-16(19)21(17)26/h6-11,13-14,18H,12H2,1-5H3,(H,25,28)/t18-/m0/s1. The van der Waals surface area contributed by atoms with Crippen LogP contribution in [0.1, 0.15) is 41.0 Å². The third-order valence-corrected chi connectivity index (χ3v) is 4.45. The predicted octanol–water partition coefficient (Wildman–Crippen LogP) is 4.79. The summed E-state index contributed by atoms with van der Waals surface area (Å²) in [6, 6.07) is 10.7. The minimum atomic E-state index is -0.880. The van der Waals surface area contributed by atoms with Crippen LogP contribution in [0.15, 0.2) is 51.7 Å². The zero-order valence-electron chi connectivity index (χ0n) is 18.4. The van der Waals surface area contributed by atoms with Gasteiger partial charge >= 0.3 is 12.1 Å². The number of alkyl carbamates (subject to hydrolysis) is 1. The van der Waals surface area contributed by atoms with Crippen LogP contribution >= 0.6 is 0 Å². The molecule has 0 aliphatic carbocycles. The second-order valence-corrected chi connectivity index (χ2v) is 8.83. The highest BCUT2D eigenvalue weighted by Gasteiger charge is 2.27. The fraction of sp³-hybridized carbons (Fsp3) is 0.375. The highest BCUT2D eigenvalue weighted by Crippen LogP contribution is 2.23. The number of ether oxygens (including phenoxy) is 2. The normalized spacial score (nSPS) is 12.7. The summed E-state index contributed by atoms with van der Waals surface area (Å²) >= 11 is 0. The first-order chi connectivity index (χ1) is 14.5. The van der Waals surface area contributed by atoms with Crippen molar-refractivity contribution < 1.29 is 23.5 Å². The van der Waals surface area contributed by atoms with Crippen molar-refractivity contribution in [3.8, 4) is 5.75 Å². The zero-order chi connectivity index (χ0) is 22.8. The number of esters is 1. The molecule has 0 spiro atoms. The molecule has 3 rings (SSSR count).